The normalized spacial score (nSPS) is 50.0. The molecule has 0 bridgehead atoms. The minimum absolute atomic E-state index is 0.706. The van der Waals surface area contributed by atoms with Crippen LogP contribution in [0.2, 0.25) is 0 Å². The first-order valence-electron chi connectivity index (χ1n) is 11.9. The van der Waals surface area contributed by atoms with E-state index in [1.165, 1.54) is 0 Å². The fourth-order valence-corrected chi connectivity index (χ4v) is 4.93. The van der Waals surface area contributed by atoms with Crippen LogP contribution in [-0.2, 0) is 28.5 Å². The van der Waals surface area contributed by atoms with Crippen molar-refractivity contribution in [2.75, 3.05) is 19.8 Å². The molecule has 19 heteroatoms. The smallest absolute Gasteiger partial charge is 0.208 e. The Balaban J connectivity index is 1.80. The Morgan fingerprint density at radius 1 is 0.821 bits per heavy atom. The molecule has 15 N–H and O–H groups in total. The van der Waals surface area contributed by atoms with Gasteiger partial charge in [-0.25, -0.2) is 0 Å². The molecule has 3 rings (SSSR count). The maximum atomic E-state index is 12.5. The second-order valence-electron chi connectivity index (χ2n) is 9.59. The lowest BCUT2D eigenvalue weighted by atomic mass is 9.83. The van der Waals surface area contributed by atoms with Crippen molar-refractivity contribution in [2.24, 2.45) is 17.2 Å². The third-order valence-corrected chi connectivity index (χ3v) is 7.36. The van der Waals surface area contributed by atoms with E-state index >= 15 is 0 Å². The van der Waals surface area contributed by atoms with E-state index in [-0.39, 0.29) is 0 Å². The summed E-state index contributed by atoms with van der Waals surface area (Å²) in [5, 5.41) is 91.0. The summed E-state index contributed by atoms with van der Waals surface area (Å²) >= 11 is 3.58. The summed E-state index contributed by atoms with van der Waals surface area (Å²) in [4.78, 5) is 12.5. The van der Waals surface area contributed by atoms with Crippen molar-refractivity contribution in [3.8, 4) is 0 Å². The van der Waals surface area contributed by atoms with Crippen LogP contribution in [0.15, 0.2) is 0 Å². The van der Waals surface area contributed by atoms with E-state index in [1.807, 2.05) is 0 Å². The Labute approximate surface area is 227 Å². The van der Waals surface area contributed by atoms with Gasteiger partial charge < -0.3 is 86.8 Å². The summed E-state index contributed by atoms with van der Waals surface area (Å²) in [6, 6.07) is -4.37. The molecule has 3 heterocycles. The number of ether oxygens (including phenoxy) is 5. The molecular formula is C20H37N3O15S. The highest BCUT2D eigenvalue weighted by Gasteiger charge is 2.60. The van der Waals surface area contributed by atoms with Crippen molar-refractivity contribution in [1.29, 1.82) is 0 Å². The summed E-state index contributed by atoms with van der Waals surface area (Å²) in [7, 11) is 0. The Morgan fingerprint density at radius 2 is 1.31 bits per heavy atom. The molecule has 0 aromatic heterocycles. The zero-order chi connectivity index (χ0) is 29.4. The van der Waals surface area contributed by atoms with Crippen molar-refractivity contribution < 1.29 is 74.4 Å². The van der Waals surface area contributed by atoms with E-state index in [0.717, 1.165) is 0 Å². The molecule has 3 saturated heterocycles. The standard InChI is InChI=1S/C20H37N3O15S/c21-6-9(27)12(4(1-24)34-16(6)32)36-18-7(22)10(28)13(5(2-25)35-18)37-19-8(23)11(29)14(30)20(3-26,38-19)15(31)17(33)39/h4-14,16-19,24-30,32-33,39H,1-3,21-23H2/t4-,5-,6-,7-,8-,9-,10-,11-,12?,13?,14+,16-,17?,18+,19+,20-/m1/s1. The molecule has 3 fully saturated rings. The molecule has 0 aromatic carbocycles. The van der Waals surface area contributed by atoms with Crippen LogP contribution in [0.1, 0.15) is 0 Å². The Hall–Kier alpha value is -0.660. The molecule has 228 valence electrons. The van der Waals surface area contributed by atoms with Gasteiger partial charge in [0.05, 0.1) is 37.9 Å². The summed E-state index contributed by atoms with van der Waals surface area (Å²) in [5.74, 6) is -1.32. The van der Waals surface area contributed by atoms with Crippen LogP contribution in [0.4, 0.5) is 0 Å². The fraction of sp³-hybridized carbons (Fsp3) is 0.950. The van der Waals surface area contributed by atoms with Crippen LogP contribution in [0.3, 0.4) is 0 Å². The van der Waals surface area contributed by atoms with Gasteiger partial charge in [-0.3, -0.25) is 4.79 Å². The van der Waals surface area contributed by atoms with Gasteiger partial charge in [-0.1, -0.05) is 0 Å². The monoisotopic (exact) mass is 591 g/mol. The molecule has 0 spiro atoms. The third-order valence-electron chi connectivity index (χ3n) is 7.13. The van der Waals surface area contributed by atoms with E-state index in [9.17, 15) is 50.8 Å². The quantitative estimate of drug-likeness (QED) is 0.0874. The molecule has 0 radical (unpaired) electrons. The van der Waals surface area contributed by atoms with Crippen molar-refractivity contribution in [3.63, 3.8) is 0 Å². The molecule has 3 unspecified atom stereocenters. The van der Waals surface area contributed by atoms with Crippen molar-refractivity contribution in [2.45, 2.75) is 96.9 Å². The SMILES string of the molecule is N[C@H]1[C@@H](OC2[C@@H](CO)O[C@@H](OC3[C@@H](CO)O[C@@H](O)[C@H](N)[C@H]3O)[C@H](N)[C@H]2O)O[C@@](CO)(C(=O)C(O)S)[C@@H](O)[C@@H]1O. The van der Waals surface area contributed by atoms with Gasteiger partial charge in [0.25, 0.3) is 0 Å². The molecule has 18 nitrogen and oxygen atoms in total. The van der Waals surface area contributed by atoms with Crippen LogP contribution in [0.5, 0.6) is 0 Å². The van der Waals surface area contributed by atoms with E-state index in [4.69, 9.17) is 40.9 Å². The molecular weight excluding hydrogens is 554 g/mol. The minimum Gasteiger partial charge on any atom is -0.394 e. The number of Topliss-reactive ketones (excluding diaryl/α,β-unsaturated/α-hetero) is 1. The number of carbonyl (C=O) groups excluding carboxylic acids is 1. The van der Waals surface area contributed by atoms with Gasteiger partial charge in [-0.15, -0.1) is 12.6 Å². The summed E-state index contributed by atoms with van der Waals surface area (Å²) in [6.45, 7) is -2.76. The van der Waals surface area contributed by atoms with Gasteiger partial charge in [-0.05, 0) is 0 Å². The van der Waals surface area contributed by atoms with E-state index in [1.54, 1.807) is 0 Å². The van der Waals surface area contributed by atoms with Gasteiger partial charge in [0.1, 0.15) is 48.8 Å². The summed E-state index contributed by atoms with van der Waals surface area (Å²) in [6.07, 6.45) is -18.0. The molecule has 39 heavy (non-hydrogen) atoms. The number of ketones is 1. The highest BCUT2D eigenvalue weighted by Crippen LogP contribution is 2.35. The number of hydrogen-bond donors (Lipinski definition) is 13. The number of nitrogens with two attached hydrogens (primary N) is 3. The Bertz CT molecular complexity index is 829. The van der Waals surface area contributed by atoms with Gasteiger partial charge in [0, 0.05) is 0 Å². The molecule has 0 amide bonds. The minimum atomic E-state index is -2.62. The molecule has 3 aliphatic rings. The van der Waals surface area contributed by atoms with Gasteiger partial charge in [0.2, 0.25) is 5.78 Å². The molecule has 0 aromatic rings. The van der Waals surface area contributed by atoms with Crippen molar-refractivity contribution in [3.05, 3.63) is 0 Å². The lowest BCUT2D eigenvalue weighted by Gasteiger charge is -2.50. The largest absolute Gasteiger partial charge is 0.394 e. The van der Waals surface area contributed by atoms with Crippen LogP contribution < -0.4 is 17.2 Å². The number of thiol groups is 1. The Kier molecular flexibility index (Phi) is 11.0. The number of hydrogen-bond acceptors (Lipinski definition) is 19. The average molecular weight is 592 g/mol. The maximum Gasteiger partial charge on any atom is 0.208 e. The number of aliphatic hydroxyl groups excluding tert-OH is 9. The van der Waals surface area contributed by atoms with E-state index < -0.39 is 122 Å². The topological polar surface area (TPSA) is 323 Å². The van der Waals surface area contributed by atoms with Crippen LogP contribution >= 0.6 is 12.6 Å². The van der Waals surface area contributed by atoms with Gasteiger partial charge in [0.15, 0.2) is 29.9 Å². The average Bonchev–Trinajstić information content (AvgIpc) is 2.92. The highest BCUT2D eigenvalue weighted by molar-refractivity contribution is 7.81. The van der Waals surface area contributed by atoms with Crippen LogP contribution in [-0.4, -0.2) is 168 Å². The fourth-order valence-electron chi connectivity index (χ4n) is 4.71. The predicted octanol–water partition coefficient (Wildman–Crippen LogP) is -8.49. The lowest BCUT2D eigenvalue weighted by molar-refractivity contribution is -0.355. The van der Waals surface area contributed by atoms with Crippen molar-refractivity contribution >= 4 is 18.4 Å². The zero-order valence-corrected chi connectivity index (χ0v) is 21.3. The van der Waals surface area contributed by atoms with Gasteiger partial charge in [-0.2, -0.15) is 0 Å². The molecule has 3 aliphatic heterocycles. The number of aliphatic hydroxyl groups is 9. The first-order chi connectivity index (χ1) is 18.2. The highest BCUT2D eigenvalue weighted by atomic mass is 32.1. The third kappa shape index (κ3) is 6.11. The summed E-state index contributed by atoms with van der Waals surface area (Å²) in [5.41, 5.74) is 13.0. The number of carbonyl (C=O) groups is 1. The number of rotatable bonds is 9. The lowest BCUT2D eigenvalue weighted by Crippen LogP contribution is -2.73. The second-order valence-corrected chi connectivity index (χ2v) is 10.1. The van der Waals surface area contributed by atoms with Crippen molar-refractivity contribution in [1.82, 2.24) is 0 Å². The first-order valence-corrected chi connectivity index (χ1v) is 12.5. The molecule has 0 aliphatic carbocycles. The van der Waals surface area contributed by atoms with Crippen LogP contribution in [0, 0.1) is 0 Å². The zero-order valence-electron chi connectivity index (χ0n) is 20.4. The van der Waals surface area contributed by atoms with E-state index in [0.29, 0.717) is 0 Å². The molecule has 16 atom stereocenters. The molecule has 0 saturated carbocycles. The van der Waals surface area contributed by atoms with E-state index in [2.05, 4.69) is 12.6 Å². The predicted molar refractivity (Wildman–Crippen MR) is 126 cm³/mol. The Morgan fingerprint density at radius 3 is 1.82 bits per heavy atom. The maximum absolute atomic E-state index is 12.5. The summed E-state index contributed by atoms with van der Waals surface area (Å²) < 4.78 is 27.5. The first kappa shape index (κ1) is 32.8. The van der Waals surface area contributed by atoms with Gasteiger partial charge >= 0.3 is 0 Å². The second kappa shape index (κ2) is 13.1. The van der Waals surface area contributed by atoms with Crippen LogP contribution in [0.25, 0.3) is 0 Å².